The van der Waals surface area contributed by atoms with Crippen molar-refractivity contribution in [2.75, 3.05) is 0 Å². The molecule has 0 saturated carbocycles. The molecule has 1 heterocycles. The lowest BCUT2D eigenvalue weighted by atomic mass is 10.1. The fourth-order valence-corrected chi connectivity index (χ4v) is 3.51. The van der Waals surface area contributed by atoms with E-state index in [4.69, 9.17) is 0 Å². The molecule has 0 aliphatic heterocycles. The highest BCUT2D eigenvalue weighted by molar-refractivity contribution is 7.81. The van der Waals surface area contributed by atoms with E-state index in [1.807, 2.05) is 55.5 Å². The number of aromatic nitrogens is 1. The molecule has 1 aromatic heterocycles. The largest absolute Gasteiger partial charge is 0.464 e. The Morgan fingerprint density at radius 2 is 1.74 bits per heavy atom. The molecule has 1 amide bonds. The average molecular weight is 382 g/mol. The summed E-state index contributed by atoms with van der Waals surface area (Å²) < 4.78 is 1.22. The van der Waals surface area contributed by atoms with E-state index in [2.05, 4.69) is 17.9 Å². The number of hydrogen-bond donors (Lipinski definition) is 3. The Morgan fingerprint density at radius 3 is 2.44 bits per heavy atom. The van der Waals surface area contributed by atoms with Crippen molar-refractivity contribution in [3.8, 4) is 0 Å². The van der Waals surface area contributed by atoms with E-state index in [-0.39, 0.29) is 11.9 Å². The second-order valence-corrected chi connectivity index (χ2v) is 7.27. The lowest BCUT2D eigenvalue weighted by Gasteiger charge is -2.17. The molecule has 0 saturated heterocycles. The van der Waals surface area contributed by atoms with Gasteiger partial charge in [-0.1, -0.05) is 48.5 Å². The molecule has 27 heavy (non-hydrogen) atoms. The lowest BCUT2D eigenvalue weighted by molar-refractivity contribution is -0.121. The van der Waals surface area contributed by atoms with Crippen LogP contribution in [0.5, 0.6) is 0 Å². The van der Waals surface area contributed by atoms with Crippen LogP contribution in [0.2, 0.25) is 0 Å². The highest BCUT2D eigenvalue weighted by Gasteiger charge is 2.19. The SMILES string of the molecule is CC(Cc1cn(C(=O)O)c2ccccc12)NC(=O)[C@@H](S)Cc1ccccc1. The van der Waals surface area contributed by atoms with Gasteiger partial charge in [0.2, 0.25) is 5.91 Å². The Kier molecular flexibility index (Phi) is 5.86. The zero-order valence-corrected chi connectivity index (χ0v) is 15.9. The van der Waals surface area contributed by atoms with Crippen molar-refractivity contribution in [3.63, 3.8) is 0 Å². The van der Waals surface area contributed by atoms with Crippen LogP contribution in [0.3, 0.4) is 0 Å². The number of carbonyl (C=O) groups is 2. The molecule has 3 aromatic rings. The van der Waals surface area contributed by atoms with E-state index in [1.165, 1.54) is 4.57 Å². The molecular weight excluding hydrogens is 360 g/mol. The number of thiol groups is 1. The molecule has 0 aliphatic rings. The monoisotopic (exact) mass is 382 g/mol. The highest BCUT2D eigenvalue weighted by Crippen LogP contribution is 2.22. The van der Waals surface area contributed by atoms with Crippen molar-refractivity contribution in [1.82, 2.24) is 9.88 Å². The summed E-state index contributed by atoms with van der Waals surface area (Å²) >= 11 is 4.43. The third kappa shape index (κ3) is 4.52. The quantitative estimate of drug-likeness (QED) is 0.569. The fraction of sp³-hybridized carbons (Fsp3) is 0.238. The van der Waals surface area contributed by atoms with Crippen molar-refractivity contribution in [2.24, 2.45) is 0 Å². The van der Waals surface area contributed by atoms with Crippen LogP contribution in [-0.4, -0.2) is 33.0 Å². The second-order valence-electron chi connectivity index (χ2n) is 6.64. The number of benzene rings is 2. The molecule has 2 aromatic carbocycles. The molecule has 0 radical (unpaired) electrons. The van der Waals surface area contributed by atoms with Crippen LogP contribution in [0, 0.1) is 0 Å². The van der Waals surface area contributed by atoms with Crippen LogP contribution in [0.1, 0.15) is 18.1 Å². The minimum Gasteiger partial charge on any atom is -0.464 e. The van der Waals surface area contributed by atoms with Gasteiger partial charge in [0.15, 0.2) is 0 Å². The van der Waals surface area contributed by atoms with E-state index >= 15 is 0 Å². The predicted molar refractivity (Wildman–Crippen MR) is 110 cm³/mol. The van der Waals surface area contributed by atoms with E-state index in [0.29, 0.717) is 18.4 Å². The van der Waals surface area contributed by atoms with Crippen LogP contribution in [-0.2, 0) is 17.6 Å². The molecule has 0 bridgehead atoms. The first kappa shape index (κ1) is 19.0. The van der Waals surface area contributed by atoms with E-state index in [1.54, 1.807) is 12.3 Å². The van der Waals surface area contributed by atoms with Gasteiger partial charge in [0, 0.05) is 17.6 Å². The first-order chi connectivity index (χ1) is 13.0. The lowest BCUT2D eigenvalue weighted by Crippen LogP contribution is -2.39. The Hall–Kier alpha value is -2.73. The summed E-state index contributed by atoms with van der Waals surface area (Å²) in [6, 6.07) is 17.0. The van der Waals surface area contributed by atoms with Gasteiger partial charge in [0.1, 0.15) is 0 Å². The summed E-state index contributed by atoms with van der Waals surface area (Å²) in [6.45, 7) is 1.91. The smallest absolute Gasteiger partial charge is 0.416 e. The number of carbonyl (C=O) groups excluding carboxylic acids is 1. The molecule has 3 rings (SSSR count). The van der Waals surface area contributed by atoms with Crippen LogP contribution >= 0.6 is 12.6 Å². The molecule has 1 unspecified atom stereocenters. The third-order valence-corrected chi connectivity index (χ3v) is 4.91. The molecule has 6 heteroatoms. The number of rotatable bonds is 6. The molecule has 0 spiro atoms. The number of nitrogens with one attached hydrogen (secondary N) is 1. The highest BCUT2D eigenvalue weighted by atomic mass is 32.1. The maximum Gasteiger partial charge on any atom is 0.416 e. The summed E-state index contributed by atoms with van der Waals surface area (Å²) in [4.78, 5) is 23.9. The predicted octanol–water partition coefficient (Wildman–Crippen LogP) is 3.76. The molecule has 2 N–H and O–H groups in total. The van der Waals surface area contributed by atoms with Gasteiger partial charge < -0.3 is 10.4 Å². The average Bonchev–Trinajstić information content (AvgIpc) is 3.01. The van der Waals surface area contributed by atoms with Gasteiger partial charge >= 0.3 is 6.09 Å². The van der Waals surface area contributed by atoms with Gasteiger partial charge in [0.25, 0.3) is 0 Å². The van der Waals surface area contributed by atoms with Gasteiger partial charge in [-0.15, -0.1) is 0 Å². The minimum absolute atomic E-state index is 0.128. The zero-order valence-electron chi connectivity index (χ0n) is 15.0. The summed E-state index contributed by atoms with van der Waals surface area (Å²) in [5.41, 5.74) is 2.60. The normalized spacial score (nSPS) is 13.3. The number of para-hydroxylation sites is 1. The Labute approximate surface area is 163 Å². The number of amides is 1. The fourth-order valence-electron chi connectivity index (χ4n) is 3.22. The number of carboxylic acid groups (broad SMARTS) is 1. The van der Waals surface area contributed by atoms with Crippen LogP contribution < -0.4 is 5.32 Å². The van der Waals surface area contributed by atoms with Gasteiger partial charge in [-0.25, -0.2) is 4.79 Å². The molecular formula is C21H22N2O3S. The third-order valence-electron chi connectivity index (χ3n) is 4.49. The topological polar surface area (TPSA) is 71.3 Å². The van der Waals surface area contributed by atoms with Crippen molar-refractivity contribution < 1.29 is 14.7 Å². The minimum atomic E-state index is -1.02. The standard InChI is InChI=1S/C21H22N2O3S/c1-14(22-20(24)19(27)12-15-7-3-2-4-8-15)11-16-13-23(21(25)26)18-10-6-5-9-17(16)18/h2-10,13-14,19,27H,11-12H2,1H3,(H,22,24)(H,25,26)/t14?,19-/m0/s1. The molecule has 140 valence electrons. The number of nitrogens with zero attached hydrogens (tertiary/aromatic N) is 1. The summed E-state index contributed by atoms with van der Waals surface area (Å²) in [5, 5.41) is 12.8. The zero-order chi connectivity index (χ0) is 19.4. The summed E-state index contributed by atoms with van der Waals surface area (Å²) in [7, 11) is 0. The van der Waals surface area contributed by atoms with E-state index in [0.717, 1.165) is 16.5 Å². The van der Waals surface area contributed by atoms with Crippen molar-refractivity contribution >= 4 is 35.5 Å². The first-order valence-corrected chi connectivity index (χ1v) is 9.32. The van der Waals surface area contributed by atoms with Crippen molar-refractivity contribution in [3.05, 3.63) is 71.9 Å². The maximum absolute atomic E-state index is 12.4. The first-order valence-electron chi connectivity index (χ1n) is 8.80. The van der Waals surface area contributed by atoms with Crippen LogP contribution in [0.4, 0.5) is 4.79 Å². The van der Waals surface area contributed by atoms with Gasteiger partial charge in [-0.3, -0.25) is 9.36 Å². The summed E-state index contributed by atoms with van der Waals surface area (Å²) in [6.07, 6.45) is 1.70. The maximum atomic E-state index is 12.4. The second kappa shape index (κ2) is 8.31. The molecule has 0 aliphatic carbocycles. The number of fused-ring (bicyclic) bond motifs is 1. The molecule has 2 atom stereocenters. The molecule has 5 nitrogen and oxygen atoms in total. The summed E-state index contributed by atoms with van der Waals surface area (Å²) in [5.74, 6) is -0.128. The van der Waals surface area contributed by atoms with Gasteiger partial charge in [-0.2, -0.15) is 12.6 Å². The van der Waals surface area contributed by atoms with E-state index < -0.39 is 11.3 Å². The van der Waals surface area contributed by atoms with Crippen molar-refractivity contribution in [2.45, 2.75) is 31.1 Å². The Balaban J connectivity index is 1.67. The van der Waals surface area contributed by atoms with Crippen LogP contribution in [0.15, 0.2) is 60.8 Å². The van der Waals surface area contributed by atoms with Crippen molar-refractivity contribution in [1.29, 1.82) is 0 Å². The van der Waals surface area contributed by atoms with Crippen LogP contribution in [0.25, 0.3) is 10.9 Å². The van der Waals surface area contributed by atoms with Gasteiger partial charge in [-0.05, 0) is 37.0 Å². The van der Waals surface area contributed by atoms with Gasteiger partial charge in [0.05, 0.1) is 10.8 Å². The Bertz CT molecular complexity index is 952. The van der Waals surface area contributed by atoms with E-state index in [9.17, 15) is 14.7 Å². The number of hydrogen-bond acceptors (Lipinski definition) is 3. The molecule has 0 fully saturated rings. The Morgan fingerprint density at radius 1 is 1.07 bits per heavy atom.